The van der Waals surface area contributed by atoms with Crippen molar-refractivity contribution >= 4 is 14.8 Å². The zero-order chi connectivity index (χ0) is 18.9. The molecular formula is C22H30O3Si. The van der Waals surface area contributed by atoms with E-state index in [1.807, 2.05) is 36.4 Å². The summed E-state index contributed by atoms with van der Waals surface area (Å²) < 4.78 is 5.83. The molecule has 1 N–H and O–H groups in total. The van der Waals surface area contributed by atoms with Gasteiger partial charge in [-0.25, -0.2) is 4.79 Å². The van der Waals surface area contributed by atoms with Gasteiger partial charge in [-0.2, -0.15) is 0 Å². The average Bonchev–Trinajstić information content (AvgIpc) is 2.64. The third-order valence-corrected chi connectivity index (χ3v) is 6.62. The summed E-state index contributed by atoms with van der Waals surface area (Å²) in [5.41, 5.74) is 2.72. The normalized spacial score (nSPS) is 12.2. The second-order valence-corrected chi connectivity index (χ2v) is 10.4. The predicted octanol–water partition coefficient (Wildman–Crippen LogP) is 5.58. The number of aromatic hydroxyl groups is 1. The van der Waals surface area contributed by atoms with Gasteiger partial charge in [-0.05, 0) is 41.8 Å². The predicted molar refractivity (Wildman–Crippen MR) is 110 cm³/mol. The number of carbonyl (C=O) groups excluding carboxylic acids is 1. The van der Waals surface area contributed by atoms with Crippen LogP contribution in [0.3, 0.4) is 0 Å². The van der Waals surface area contributed by atoms with Crippen molar-refractivity contribution in [1.29, 1.82) is 0 Å². The maximum absolute atomic E-state index is 12.5. The fourth-order valence-electron chi connectivity index (χ4n) is 2.96. The van der Waals surface area contributed by atoms with Crippen LogP contribution in [0.4, 0.5) is 0 Å². The van der Waals surface area contributed by atoms with Gasteiger partial charge in [0.15, 0.2) is 0 Å². The van der Waals surface area contributed by atoms with Crippen LogP contribution in [0.5, 0.6) is 5.75 Å². The van der Waals surface area contributed by atoms with E-state index in [-0.39, 0.29) is 17.4 Å². The highest BCUT2D eigenvalue weighted by atomic mass is 28.3. The molecule has 1 atom stereocenters. The minimum absolute atomic E-state index is 0.108. The Labute approximate surface area is 158 Å². The first-order chi connectivity index (χ1) is 12.5. The Hall–Kier alpha value is -2.07. The first kappa shape index (κ1) is 20.2. The van der Waals surface area contributed by atoms with Crippen LogP contribution in [0.1, 0.15) is 49.4 Å². The first-order valence-corrected chi connectivity index (χ1v) is 12.6. The van der Waals surface area contributed by atoms with Gasteiger partial charge in [-0.3, -0.25) is 0 Å². The molecule has 0 aromatic heterocycles. The largest absolute Gasteiger partial charge is 0.508 e. The summed E-state index contributed by atoms with van der Waals surface area (Å²) in [5, 5.41) is 9.38. The number of hydrogen-bond acceptors (Lipinski definition) is 3. The zero-order valence-electron chi connectivity index (χ0n) is 16.1. The first-order valence-electron chi connectivity index (χ1n) is 9.61. The third kappa shape index (κ3) is 6.02. The van der Waals surface area contributed by atoms with Crippen LogP contribution in [-0.4, -0.2) is 25.6 Å². The molecule has 0 aliphatic carbocycles. The van der Waals surface area contributed by atoms with Gasteiger partial charge in [-0.1, -0.05) is 70.0 Å². The SMILES string of the molecule is CCCCCCC(OC(=O)c1ccc(-c2ccc(O)cc2)cc1)[SiH](C)C. The molecule has 0 bridgehead atoms. The minimum atomic E-state index is -1.05. The fourth-order valence-corrected chi connectivity index (χ4v) is 4.26. The quantitative estimate of drug-likeness (QED) is 0.356. The molecule has 0 heterocycles. The van der Waals surface area contributed by atoms with E-state index in [9.17, 15) is 9.90 Å². The molecule has 0 radical (unpaired) electrons. The lowest BCUT2D eigenvalue weighted by atomic mass is 10.0. The number of ether oxygens (including phenoxy) is 1. The van der Waals surface area contributed by atoms with Gasteiger partial charge in [0.1, 0.15) is 5.75 Å². The van der Waals surface area contributed by atoms with Crippen LogP contribution in [-0.2, 0) is 4.74 Å². The smallest absolute Gasteiger partial charge is 0.338 e. The Morgan fingerprint density at radius 2 is 1.54 bits per heavy atom. The van der Waals surface area contributed by atoms with E-state index in [1.165, 1.54) is 19.3 Å². The molecule has 2 aromatic carbocycles. The Kier molecular flexibility index (Phi) is 7.92. The number of phenolic OH excluding ortho intramolecular Hbond substituents is 1. The number of carbonyl (C=O) groups is 1. The fraction of sp³-hybridized carbons (Fsp3) is 0.409. The molecule has 2 rings (SSSR count). The summed E-state index contributed by atoms with van der Waals surface area (Å²) in [6, 6.07) is 14.5. The highest BCUT2D eigenvalue weighted by Crippen LogP contribution is 2.23. The van der Waals surface area contributed by atoms with Crippen molar-refractivity contribution in [1.82, 2.24) is 0 Å². The molecule has 3 nitrogen and oxygen atoms in total. The van der Waals surface area contributed by atoms with Gasteiger partial charge < -0.3 is 9.84 Å². The van der Waals surface area contributed by atoms with E-state index in [0.717, 1.165) is 24.0 Å². The standard InChI is InChI=1S/C22H30O3Si/c1-4-5-6-7-8-21(26(2)3)25-22(24)19-11-9-17(10-12-19)18-13-15-20(23)16-14-18/h9-16,21,23,26H,4-8H2,1-3H3. The topological polar surface area (TPSA) is 46.5 Å². The lowest BCUT2D eigenvalue weighted by Gasteiger charge is -2.21. The molecule has 26 heavy (non-hydrogen) atoms. The molecule has 1 unspecified atom stereocenters. The molecule has 0 spiro atoms. The van der Waals surface area contributed by atoms with Gasteiger partial charge in [0, 0.05) is 0 Å². The number of benzene rings is 2. The Bertz CT molecular complexity index is 678. The van der Waals surface area contributed by atoms with Crippen LogP contribution in [0, 0.1) is 0 Å². The van der Waals surface area contributed by atoms with E-state index in [1.54, 1.807) is 12.1 Å². The highest BCUT2D eigenvalue weighted by molar-refractivity contribution is 6.57. The minimum Gasteiger partial charge on any atom is -0.508 e. The van der Waals surface area contributed by atoms with E-state index >= 15 is 0 Å². The Morgan fingerprint density at radius 1 is 0.962 bits per heavy atom. The van der Waals surface area contributed by atoms with Crippen LogP contribution >= 0.6 is 0 Å². The van der Waals surface area contributed by atoms with Crippen molar-refractivity contribution in [3.05, 3.63) is 54.1 Å². The van der Waals surface area contributed by atoms with Crippen LogP contribution in [0.15, 0.2) is 48.5 Å². The molecule has 0 fully saturated rings. The number of rotatable bonds is 9. The van der Waals surface area contributed by atoms with Crippen molar-refractivity contribution in [2.45, 2.75) is 57.8 Å². The summed E-state index contributed by atoms with van der Waals surface area (Å²) >= 11 is 0. The molecule has 0 aliphatic rings. The molecule has 140 valence electrons. The van der Waals surface area contributed by atoms with Gasteiger partial charge in [0.25, 0.3) is 0 Å². The van der Waals surface area contributed by atoms with Gasteiger partial charge >= 0.3 is 5.97 Å². The lowest BCUT2D eigenvalue weighted by Crippen LogP contribution is -2.30. The molecule has 2 aromatic rings. The molecule has 0 amide bonds. The Balaban J connectivity index is 1.98. The van der Waals surface area contributed by atoms with E-state index in [2.05, 4.69) is 20.0 Å². The zero-order valence-corrected chi connectivity index (χ0v) is 17.2. The summed E-state index contributed by atoms with van der Waals surface area (Å²) in [6.07, 6.45) is 5.81. The monoisotopic (exact) mass is 370 g/mol. The van der Waals surface area contributed by atoms with E-state index < -0.39 is 8.80 Å². The maximum Gasteiger partial charge on any atom is 0.338 e. The highest BCUT2D eigenvalue weighted by Gasteiger charge is 2.20. The second-order valence-electron chi connectivity index (χ2n) is 7.16. The van der Waals surface area contributed by atoms with Crippen molar-refractivity contribution in [3.63, 3.8) is 0 Å². The van der Waals surface area contributed by atoms with Gasteiger partial charge in [0.2, 0.25) is 0 Å². The van der Waals surface area contributed by atoms with Crippen molar-refractivity contribution in [2.75, 3.05) is 0 Å². The summed E-state index contributed by atoms with van der Waals surface area (Å²) in [5.74, 6) is 0.0285. The van der Waals surface area contributed by atoms with Gasteiger partial charge in [-0.15, -0.1) is 0 Å². The summed E-state index contributed by atoms with van der Waals surface area (Å²) in [6.45, 7) is 6.69. The number of hydrogen-bond donors (Lipinski definition) is 1. The van der Waals surface area contributed by atoms with Crippen LogP contribution < -0.4 is 0 Å². The maximum atomic E-state index is 12.5. The summed E-state index contributed by atoms with van der Waals surface area (Å²) in [4.78, 5) is 12.5. The second kappa shape index (κ2) is 10.2. The third-order valence-electron chi connectivity index (χ3n) is 4.67. The number of esters is 1. The van der Waals surface area contributed by atoms with E-state index in [0.29, 0.717) is 5.56 Å². The molecular weight excluding hydrogens is 340 g/mol. The van der Waals surface area contributed by atoms with Crippen molar-refractivity contribution in [2.24, 2.45) is 0 Å². The lowest BCUT2D eigenvalue weighted by molar-refractivity contribution is 0.0421. The molecule has 4 heteroatoms. The average molecular weight is 371 g/mol. The van der Waals surface area contributed by atoms with E-state index in [4.69, 9.17) is 4.74 Å². The number of phenols is 1. The van der Waals surface area contributed by atoms with Crippen LogP contribution in [0.2, 0.25) is 13.1 Å². The molecule has 0 aliphatic heterocycles. The molecule has 0 saturated carbocycles. The molecule has 0 saturated heterocycles. The van der Waals surface area contributed by atoms with Gasteiger partial charge in [0.05, 0.1) is 20.1 Å². The van der Waals surface area contributed by atoms with Crippen LogP contribution in [0.25, 0.3) is 11.1 Å². The summed E-state index contributed by atoms with van der Waals surface area (Å²) in [7, 11) is -1.05. The Morgan fingerprint density at radius 3 is 2.08 bits per heavy atom. The van der Waals surface area contributed by atoms with Crippen molar-refractivity contribution < 1.29 is 14.6 Å². The number of unbranched alkanes of at least 4 members (excludes halogenated alkanes) is 3. The van der Waals surface area contributed by atoms with Crippen molar-refractivity contribution in [3.8, 4) is 16.9 Å².